The predicted octanol–water partition coefficient (Wildman–Crippen LogP) is 2.23. The lowest BCUT2D eigenvalue weighted by atomic mass is 9.95. The van der Waals surface area contributed by atoms with Crippen molar-refractivity contribution in [2.75, 3.05) is 5.73 Å². The molecule has 13 heavy (non-hydrogen) atoms. The van der Waals surface area contributed by atoms with Gasteiger partial charge in [0.15, 0.2) is 0 Å². The highest BCUT2D eigenvalue weighted by molar-refractivity contribution is 5.48. The van der Waals surface area contributed by atoms with E-state index < -0.39 is 0 Å². The van der Waals surface area contributed by atoms with E-state index in [1.165, 1.54) is 5.56 Å². The molecule has 0 heterocycles. The van der Waals surface area contributed by atoms with Crippen molar-refractivity contribution in [1.82, 2.24) is 0 Å². The van der Waals surface area contributed by atoms with Crippen LogP contribution in [0.15, 0.2) is 18.2 Å². The van der Waals surface area contributed by atoms with Crippen LogP contribution in [0.4, 0.5) is 5.69 Å². The molecule has 2 nitrogen and oxygen atoms in total. The second kappa shape index (κ2) is 3.79. The molecule has 0 spiro atoms. The average molecular weight is 178 g/mol. The van der Waals surface area contributed by atoms with Gasteiger partial charge in [-0.3, -0.25) is 0 Å². The van der Waals surface area contributed by atoms with E-state index in [-0.39, 0.29) is 6.04 Å². The summed E-state index contributed by atoms with van der Waals surface area (Å²) >= 11 is 0. The molecular formula is C11H18N2. The van der Waals surface area contributed by atoms with E-state index in [2.05, 4.69) is 19.9 Å². The van der Waals surface area contributed by atoms with Crippen LogP contribution < -0.4 is 11.5 Å². The van der Waals surface area contributed by atoms with E-state index in [0.29, 0.717) is 5.92 Å². The lowest BCUT2D eigenvalue weighted by Gasteiger charge is -2.16. The molecule has 1 unspecified atom stereocenters. The zero-order valence-electron chi connectivity index (χ0n) is 8.54. The Morgan fingerprint density at radius 3 is 2.31 bits per heavy atom. The van der Waals surface area contributed by atoms with Crippen molar-refractivity contribution in [2.45, 2.75) is 26.8 Å². The third-order valence-corrected chi connectivity index (χ3v) is 2.40. The summed E-state index contributed by atoms with van der Waals surface area (Å²) in [5.74, 6) is 0.461. The molecule has 0 radical (unpaired) electrons. The fourth-order valence-corrected chi connectivity index (χ4v) is 1.29. The highest BCUT2D eigenvalue weighted by Gasteiger charge is 2.10. The van der Waals surface area contributed by atoms with Crippen LogP contribution in [-0.4, -0.2) is 0 Å². The highest BCUT2D eigenvalue weighted by atomic mass is 14.6. The quantitative estimate of drug-likeness (QED) is 0.682. The first-order valence-electron chi connectivity index (χ1n) is 4.64. The van der Waals surface area contributed by atoms with E-state index in [4.69, 9.17) is 11.5 Å². The summed E-state index contributed by atoms with van der Waals surface area (Å²) in [6.45, 7) is 6.25. The number of benzene rings is 1. The van der Waals surface area contributed by atoms with Gasteiger partial charge in [-0.25, -0.2) is 0 Å². The number of nitrogens with two attached hydrogens (primary N) is 2. The highest BCUT2D eigenvalue weighted by Crippen LogP contribution is 2.22. The first-order chi connectivity index (χ1) is 6.02. The summed E-state index contributed by atoms with van der Waals surface area (Å²) in [4.78, 5) is 0. The van der Waals surface area contributed by atoms with Gasteiger partial charge in [0.25, 0.3) is 0 Å². The van der Waals surface area contributed by atoms with Crippen LogP contribution in [0, 0.1) is 12.8 Å². The van der Waals surface area contributed by atoms with Crippen molar-refractivity contribution in [3.05, 3.63) is 29.3 Å². The van der Waals surface area contributed by atoms with E-state index in [9.17, 15) is 0 Å². The third kappa shape index (κ3) is 2.22. The second-order valence-electron chi connectivity index (χ2n) is 3.89. The SMILES string of the molecule is Cc1cc(C(N)C(C)C)ccc1N. The van der Waals surface area contributed by atoms with Gasteiger partial charge in [-0.2, -0.15) is 0 Å². The first kappa shape index (κ1) is 10.1. The topological polar surface area (TPSA) is 52.0 Å². The van der Waals surface area contributed by atoms with Crippen LogP contribution in [0.3, 0.4) is 0 Å². The minimum atomic E-state index is 0.110. The monoisotopic (exact) mass is 178 g/mol. The molecule has 0 bridgehead atoms. The Kier molecular flexibility index (Phi) is 2.94. The summed E-state index contributed by atoms with van der Waals surface area (Å²) in [6, 6.07) is 6.11. The van der Waals surface area contributed by atoms with Gasteiger partial charge >= 0.3 is 0 Å². The Morgan fingerprint density at radius 2 is 1.85 bits per heavy atom. The Morgan fingerprint density at radius 1 is 1.23 bits per heavy atom. The number of hydrogen-bond donors (Lipinski definition) is 2. The van der Waals surface area contributed by atoms with Gasteiger partial charge in [-0.15, -0.1) is 0 Å². The molecule has 1 aromatic rings. The number of anilines is 1. The summed E-state index contributed by atoms with van der Waals surface area (Å²) in [5.41, 5.74) is 14.8. The van der Waals surface area contributed by atoms with Crippen LogP contribution in [0.1, 0.15) is 31.0 Å². The lowest BCUT2D eigenvalue weighted by molar-refractivity contribution is 0.514. The van der Waals surface area contributed by atoms with Crippen LogP contribution >= 0.6 is 0 Å². The Balaban J connectivity index is 2.97. The summed E-state index contributed by atoms with van der Waals surface area (Å²) in [6.07, 6.45) is 0. The van der Waals surface area contributed by atoms with Gasteiger partial charge in [0.2, 0.25) is 0 Å². The summed E-state index contributed by atoms with van der Waals surface area (Å²) < 4.78 is 0. The van der Waals surface area contributed by atoms with Crippen molar-refractivity contribution in [1.29, 1.82) is 0 Å². The summed E-state index contributed by atoms with van der Waals surface area (Å²) in [7, 11) is 0. The normalized spacial score (nSPS) is 13.3. The van der Waals surface area contributed by atoms with Crippen molar-refractivity contribution in [3.8, 4) is 0 Å². The summed E-state index contributed by atoms with van der Waals surface area (Å²) in [5, 5.41) is 0. The van der Waals surface area contributed by atoms with Gasteiger partial charge in [0.05, 0.1) is 0 Å². The maximum atomic E-state index is 6.02. The molecule has 0 amide bonds. The maximum Gasteiger partial charge on any atom is 0.0343 e. The number of hydrogen-bond acceptors (Lipinski definition) is 2. The van der Waals surface area contributed by atoms with Gasteiger partial charge in [-0.05, 0) is 30.0 Å². The molecule has 1 aromatic carbocycles. The second-order valence-corrected chi connectivity index (χ2v) is 3.89. The minimum Gasteiger partial charge on any atom is -0.399 e. The average Bonchev–Trinajstić information content (AvgIpc) is 2.08. The number of nitrogen functional groups attached to an aromatic ring is 1. The zero-order chi connectivity index (χ0) is 10.0. The smallest absolute Gasteiger partial charge is 0.0343 e. The fraction of sp³-hybridized carbons (Fsp3) is 0.455. The molecule has 0 aliphatic carbocycles. The van der Waals surface area contributed by atoms with Crippen LogP contribution in [0.5, 0.6) is 0 Å². The number of rotatable bonds is 2. The van der Waals surface area contributed by atoms with Gasteiger partial charge in [0, 0.05) is 11.7 Å². The Labute approximate surface area is 79.9 Å². The minimum absolute atomic E-state index is 0.110. The zero-order valence-corrected chi connectivity index (χ0v) is 8.54. The molecule has 2 heteroatoms. The van der Waals surface area contributed by atoms with E-state index in [1.807, 2.05) is 19.1 Å². The molecule has 1 rings (SSSR count). The van der Waals surface area contributed by atoms with Gasteiger partial charge in [-0.1, -0.05) is 26.0 Å². The Bertz CT molecular complexity index is 292. The third-order valence-electron chi connectivity index (χ3n) is 2.40. The fourth-order valence-electron chi connectivity index (χ4n) is 1.29. The molecule has 0 saturated heterocycles. The maximum absolute atomic E-state index is 6.02. The predicted molar refractivity (Wildman–Crippen MR) is 57.4 cm³/mol. The van der Waals surface area contributed by atoms with Crippen LogP contribution in [0.25, 0.3) is 0 Å². The van der Waals surface area contributed by atoms with E-state index in [1.54, 1.807) is 0 Å². The molecular weight excluding hydrogens is 160 g/mol. The lowest BCUT2D eigenvalue weighted by Crippen LogP contribution is -2.16. The van der Waals surface area contributed by atoms with Crippen molar-refractivity contribution in [3.63, 3.8) is 0 Å². The molecule has 4 N–H and O–H groups in total. The molecule has 0 aliphatic heterocycles. The van der Waals surface area contributed by atoms with E-state index in [0.717, 1.165) is 11.3 Å². The molecule has 0 fully saturated rings. The van der Waals surface area contributed by atoms with Gasteiger partial charge < -0.3 is 11.5 Å². The number of aryl methyl sites for hydroxylation is 1. The molecule has 0 aliphatic rings. The molecule has 1 atom stereocenters. The van der Waals surface area contributed by atoms with Crippen molar-refractivity contribution >= 4 is 5.69 Å². The van der Waals surface area contributed by atoms with Crippen LogP contribution in [-0.2, 0) is 0 Å². The van der Waals surface area contributed by atoms with Crippen molar-refractivity contribution in [2.24, 2.45) is 11.7 Å². The molecule has 72 valence electrons. The van der Waals surface area contributed by atoms with Crippen LogP contribution in [0.2, 0.25) is 0 Å². The standard InChI is InChI=1S/C11H18N2/c1-7(2)11(13)9-4-5-10(12)8(3)6-9/h4-7,11H,12-13H2,1-3H3. The molecule has 0 saturated carbocycles. The van der Waals surface area contributed by atoms with Gasteiger partial charge in [0.1, 0.15) is 0 Å². The van der Waals surface area contributed by atoms with Crippen molar-refractivity contribution < 1.29 is 0 Å². The molecule has 0 aromatic heterocycles. The Hall–Kier alpha value is -1.02. The first-order valence-corrected chi connectivity index (χ1v) is 4.64. The largest absolute Gasteiger partial charge is 0.399 e. The van der Waals surface area contributed by atoms with E-state index >= 15 is 0 Å².